The Morgan fingerprint density at radius 1 is 1.35 bits per heavy atom. The van der Waals surface area contributed by atoms with Gasteiger partial charge in [0.05, 0.1) is 19.8 Å². The van der Waals surface area contributed by atoms with E-state index < -0.39 is 23.5 Å². The molecular formula is C13H17FO6. The lowest BCUT2D eigenvalue weighted by Crippen LogP contribution is -2.25. The van der Waals surface area contributed by atoms with Crippen LogP contribution in [0.4, 0.5) is 4.39 Å². The van der Waals surface area contributed by atoms with Crippen molar-refractivity contribution in [2.24, 2.45) is 0 Å². The first-order valence-corrected chi connectivity index (χ1v) is 5.95. The molecule has 0 aliphatic heterocycles. The van der Waals surface area contributed by atoms with Crippen LogP contribution >= 0.6 is 0 Å². The first-order valence-electron chi connectivity index (χ1n) is 5.95. The van der Waals surface area contributed by atoms with Crippen molar-refractivity contribution in [2.75, 3.05) is 33.5 Å². The average Bonchev–Trinajstić information content (AvgIpc) is 2.41. The lowest BCUT2D eigenvalue weighted by atomic mass is 10.2. The molecule has 0 saturated heterocycles. The predicted molar refractivity (Wildman–Crippen MR) is 67.6 cm³/mol. The van der Waals surface area contributed by atoms with Gasteiger partial charge in [-0.05, 0) is 12.1 Å². The number of halogens is 1. The summed E-state index contributed by atoms with van der Waals surface area (Å²) in [6.45, 7) is 0.548. The van der Waals surface area contributed by atoms with E-state index in [1.807, 2.05) is 0 Å². The molecule has 20 heavy (non-hydrogen) atoms. The lowest BCUT2D eigenvalue weighted by molar-refractivity contribution is -0.00444. The molecule has 7 heteroatoms. The summed E-state index contributed by atoms with van der Waals surface area (Å²) in [6, 6.07) is 3.68. The Morgan fingerprint density at radius 3 is 2.75 bits per heavy atom. The number of benzene rings is 1. The Hall–Kier alpha value is -1.70. The van der Waals surface area contributed by atoms with Crippen LogP contribution in [0, 0.1) is 5.82 Å². The molecule has 0 saturated carbocycles. The quantitative estimate of drug-likeness (QED) is 0.657. The Balaban J connectivity index is 2.49. The number of rotatable bonds is 9. The highest BCUT2D eigenvalue weighted by Crippen LogP contribution is 2.21. The highest BCUT2D eigenvalue weighted by atomic mass is 19.1. The van der Waals surface area contributed by atoms with Crippen LogP contribution in [-0.2, 0) is 9.47 Å². The SMILES string of the molecule is COCCOCC(O)COc1cccc(F)c1C(=O)O. The molecule has 1 aromatic carbocycles. The fraction of sp³-hybridized carbons (Fsp3) is 0.462. The number of hydrogen-bond acceptors (Lipinski definition) is 5. The standard InChI is InChI=1S/C13H17FO6/c1-18-5-6-19-7-9(15)8-20-11-4-2-3-10(14)12(11)13(16)17/h2-4,9,15H,5-8H2,1H3,(H,16,17). The monoisotopic (exact) mass is 288 g/mol. The van der Waals surface area contributed by atoms with E-state index in [-0.39, 0.29) is 19.0 Å². The van der Waals surface area contributed by atoms with E-state index in [9.17, 15) is 14.3 Å². The van der Waals surface area contributed by atoms with Gasteiger partial charge in [-0.2, -0.15) is 0 Å². The van der Waals surface area contributed by atoms with Crippen LogP contribution in [0.1, 0.15) is 10.4 Å². The van der Waals surface area contributed by atoms with Gasteiger partial charge in [0.1, 0.15) is 29.8 Å². The normalized spacial score (nSPS) is 12.2. The van der Waals surface area contributed by atoms with E-state index in [1.54, 1.807) is 0 Å². The molecular weight excluding hydrogens is 271 g/mol. The second-order valence-electron chi connectivity index (χ2n) is 3.95. The molecule has 1 atom stereocenters. The Kier molecular flexibility index (Phi) is 6.92. The maximum Gasteiger partial charge on any atom is 0.342 e. The van der Waals surface area contributed by atoms with Gasteiger partial charge in [-0.1, -0.05) is 6.07 Å². The summed E-state index contributed by atoms with van der Waals surface area (Å²) in [5.41, 5.74) is -0.556. The van der Waals surface area contributed by atoms with Gasteiger partial charge in [-0.25, -0.2) is 9.18 Å². The number of hydrogen-bond donors (Lipinski definition) is 2. The molecule has 2 N–H and O–H groups in total. The number of aliphatic hydroxyl groups is 1. The molecule has 6 nitrogen and oxygen atoms in total. The summed E-state index contributed by atoms with van der Waals surface area (Å²) < 4.78 is 28.3. The van der Waals surface area contributed by atoms with Crippen molar-refractivity contribution in [3.8, 4) is 5.75 Å². The molecule has 0 fully saturated rings. The Morgan fingerprint density at radius 2 is 2.10 bits per heavy atom. The van der Waals surface area contributed by atoms with Crippen LogP contribution in [0.15, 0.2) is 18.2 Å². The summed E-state index contributed by atoms with van der Waals surface area (Å²) in [7, 11) is 1.53. The third-order valence-electron chi connectivity index (χ3n) is 2.36. The highest BCUT2D eigenvalue weighted by Gasteiger charge is 2.17. The minimum atomic E-state index is -1.43. The average molecular weight is 288 g/mol. The second-order valence-corrected chi connectivity index (χ2v) is 3.95. The fourth-order valence-electron chi connectivity index (χ4n) is 1.43. The molecule has 1 unspecified atom stereocenters. The van der Waals surface area contributed by atoms with Crippen molar-refractivity contribution < 1.29 is 33.6 Å². The fourth-order valence-corrected chi connectivity index (χ4v) is 1.43. The molecule has 0 heterocycles. The van der Waals surface area contributed by atoms with Gasteiger partial charge in [-0.3, -0.25) is 0 Å². The first kappa shape index (κ1) is 16.4. The van der Waals surface area contributed by atoms with E-state index >= 15 is 0 Å². The number of methoxy groups -OCH3 is 1. The zero-order chi connectivity index (χ0) is 15.0. The van der Waals surface area contributed by atoms with Crippen LogP contribution in [0.2, 0.25) is 0 Å². The molecule has 0 aliphatic rings. The number of carboxylic acids is 1. The van der Waals surface area contributed by atoms with Crippen LogP contribution in [0.3, 0.4) is 0 Å². The molecule has 112 valence electrons. The molecule has 1 aromatic rings. The third kappa shape index (κ3) is 5.12. The molecule has 0 aromatic heterocycles. The van der Waals surface area contributed by atoms with Crippen molar-refractivity contribution in [3.05, 3.63) is 29.6 Å². The van der Waals surface area contributed by atoms with Gasteiger partial charge in [0, 0.05) is 7.11 Å². The summed E-state index contributed by atoms with van der Waals surface area (Å²) in [5.74, 6) is -2.45. The topological polar surface area (TPSA) is 85.2 Å². The lowest BCUT2D eigenvalue weighted by Gasteiger charge is -2.14. The summed E-state index contributed by atoms with van der Waals surface area (Å²) in [5, 5.41) is 18.5. The van der Waals surface area contributed by atoms with Gasteiger partial charge >= 0.3 is 5.97 Å². The molecule has 1 rings (SSSR count). The molecule has 0 aliphatic carbocycles. The summed E-state index contributed by atoms with van der Waals surface area (Å²) in [6.07, 6.45) is -0.947. The van der Waals surface area contributed by atoms with Crippen LogP contribution < -0.4 is 4.74 Å². The van der Waals surface area contributed by atoms with Crippen LogP contribution in [-0.4, -0.2) is 55.8 Å². The number of carbonyl (C=O) groups is 1. The van der Waals surface area contributed by atoms with Crippen molar-refractivity contribution in [2.45, 2.75) is 6.10 Å². The molecule has 0 amide bonds. The zero-order valence-electron chi connectivity index (χ0n) is 11.0. The molecule has 0 radical (unpaired) electrons. The molecule has 0 spiro atoms. The van der Waals surface area contributed by atoms with E-state index in [2.05, 4.69) is 0 Å². The smallest absolute Gasteiger partial charge is 0.342 e. The van der Waals surface area contributed by atoms with Crippen LogP contribution in [0.25, 0.3) is 0 Å². The maximum atomic E-state index is 13.4. The number of aliphatic hydroxyl groups excluding tert-OH is 1. The Bertz CT molecular complexity index is 437. The van der Waals surface area contributed by atoms with E-state index in [4.69, 9.17) is 19.3 Å². The minimum Gasteiger partial charge on any atom is -0.490 e. The van der Waals surface area contributed by atoms with E-state index in [0.717, 1.165) is 6.07 Å². The minimum absolute atomic E-state index is 0.0150. The first-order chi connectivity index (χ1) is 9.56. The number of ether oxygens (including phenoxy) is 3. The summed E-state index contributed by atoms with van der Waals surface area (Å²) >= 11 is 0. The van der Waals surface area contributed by atoms with Crippen molar-refractivity contribution >= 4 is 5.97 Å². The number of carboxylic acid groups (broad SMARTS) is 1. The zero-order valence-corrected chi connectivity index (χ0v) is 11.0. The van der Waals surface area contributed by atoms with E-state index in [0.29, 0.717) is 13.2 Å². The van der Waals surface area contributed by atoms with Gasteiger partial charge in [0.15, 0.2) is 0 Å². The van der Waals surface area contributed by atoms with Gasteiger partial charge in [-0.15, -0.1) is 0 Å². The van der Waals surface area contributed by atoms with E-state index in [1.165, 1.54) is 19.2 Å². The van der Waals surface area contributed by atoms with Crippen molar-refractivity contribution in [3.63, 3.8) is 0 Å². The molecule has 0 bridgehead atoms. The van der Waals surface area contributed by atoms with Gasteiger partial charge < -0.3 is 24.4 Å². The highest BCUT2D eigenvalue weighted by molar-refractivity contribution is 5.91. The van der Waals surface area contributed by atoms with Gasteiger partial charge in [0.2, 0.25) is 0 Å². The largest absolute Gasteiger partial charge is 0.490 e. The Labute approximate surface area is 115 Å². The van der Waals surface area contributed by atoms with Crippen LogP contribution in [0.5, 0.6) is 5.75 Å². The van der Waals surface area contributed by atoms with Gasteiger partial charge in [0.25, 0.3) is 0 Å². The third-order valence-corrected chi connectivity index (χ3v) is 2.36. The predicted octanol–water partition coefficient (Wildman–Crippen LogP) is 0.927. The number of aromatic carboxylic acids is 1. The van der Waals surface area contributed by atoms with Crippen molar-refractivity contribution in [1.82, 2.24) is 0 Å². The van der Waals surface area contributed by atoms with Crippen molar-refractivity contribution in [1.29, 1.82) is 0 Å². The second kappa shape index (κ2) is 8.47. The maximum absolute atomic E-state index is 13.4. The summed E-state index contributed by atoms with van der Waals surface area (Å²) in [4.78, 5) is 10.9.